The summed E-state index contributed by atoms with van der Waals surface area (Å²) in [6, 6.07) is 0. The average molecular weight is 362 g/mol. The van der Waals surface area contributed by atoms with Gasteiger partial charge < -0.3 is 10.1 Å². The van der Waals surface area contributed by atoms with Crippen LogP contribution in [0.1, 0.15) is 96.8 Å². The molecule has 0 aromatic heterocycles. The summed E-state index contributed by atoms with van der Waals surface area (Å²) >= 11 is 5.54. The van der Waals surface area contributed by atoms with Crippen molar-refractivity contribution in [2.24, 2.45) is 0 Å². The minimum Gasteiger partial charge on any atom is -0.464 e. The van der Waals surface area contributed by atoms with E-state index in [2.05, 4.69) is 12.2 Å². The molecule has 0 aliphatic rings. The van der Waals surface area contributed by atoms with Crippen LogP contribution in [0.2, 0.25) is 0 Å². The summed E-state index contributed by atoms with van der Waals surface area (Å²) in [5.74, 6) is 0.526. The van der Waals surface area contributed by atoms with Gasteiger partial charge >= 0.3 is 5.97 Å². The highest BCUT2D eigenvalue weighted by Crippen LogP contribution is 2.13. The molecular formula is C20H40ClNO2. The van der Waals surface area contributed by atoms with Crippen LogP contribution in [0, 0.1) is 0 Å². The molecule has 0 rings (SSSR count). The van der Waals surface area contributed by atoms with Crippen molar-refractivity contribution in [3.8, 4) is 0 Å². The number of hydrogen-bond acceptors (Lipinski definition) is 3. The Labute approximate surface area is 155 Å². The predicted molar refractivity (Wildman–Crippen MR) is 105 cm³/mol. The zero-order valence-corrected chi connectivity index (χ0v) is 16.7. The fourth-order valence-electron chi connectivity index (χ4n) is 2.79. The lowest BCUT2D eigenvalue weighted by atomic mass is 10.0. The van der Waals surface area contributed by atoms with Gasteiger partial charge in [-0.2, -0.15) is 0 Å². The van der Waals surface area contributed by atoms with Crippen LogP contribution in [0.25, 0.3) is 0 Å². The Morgan fingerprint density at radius 2 is 1.29 bits per heavy atom. The Hall–Kier alpha value is -0.280. The molecule has 24 heavy (non-hydrogen) atoms. The second kappa shape index (κ2) is 20.8. The number of esters is 1. The minimum absolute atomic E-state index is 0.0641. The van der Waals surface area contributed by atoms with E-state index in [4.69, 9.17) is 16.3 Å². The van der Waals surface area contributed by atoms with Crippen LogP contribution in [0.4, 0.5) is 0 Å². The minimum atomic E-state index is -0.0641. The molecule has 0 unspecified atom stereocenters. The van der Waals surface area contributed by atoms with Gasteiger partial charge in [-0.05, 0) is 6.42 Å². The highest BCUT2D eigenvalue weighted by atomic mass is 35.5. The first-order valence-electron chi connectivity index (χ1n) is 10.2. The van der Waals surface area contributed by atoms with Crippen molar-refractivity contribution in [2.75, 3.05) is 25.6 Å². The van der Waals surface area contributed by atoms with Gasteiger partial charge in [0.2, 0.25) is 0 Å². The number of carbonyl (C=O) groups excluding carboxylic acids is 1. The topological polar surface area (TPSA) is 38.3 Å². The third kappa shape index (κ3) is 19.8. The molecule has 0 saturated heterocycles. The lowest BCUT2D eigenvalue weighted by Crippen LogP contribution is -2.23. The first kappa shape index (κ1) is 23.7. The molecule has 0 fully saturated rings. The Kier molecular flexibility index (Phi) is 20.5. The summed E-state index contributed by atoms with van der Waals surface area (Å²) in [5.41, 5.74) is 0. The Morgan fingerprint density at radius 3 is 1.79 bits per heavy atom. The number of rotatable bonds is 19. The third-order valence-corrected chi connectivity index (χ3v) is 4.49. The molecule has 0 saturated carbocycles. The average Bonchev–Trinajstić information content (AvgIpc) is 2.59. The molecule has 0 atom stereocenters. The molecule has 3 nitrogen and oxygen atoms in total. The molecule has 1 N–H and O–H groups in total. The van der Waals surface area contributed by atoms with E-state index in [0.29, 0.717) is 25.5 Å². The highest BCUT2D eigenvalue weighted by molar-refractivity contribution is 6.18. The molecule has 0 amide bonds. The molecule has 0 spiro atoms. The van der Waals surface area contributed by atoms with Crippen molar-refractivity contribution < 1.29 is 9.53 Å². The maximum atomic E-state index is 11.5. The highest BCUT2D eigenvalue weighted by Gasteiger charge is 2.02. The van der Waals surface area contributed by atoms with Crippen molar-refractivity contribution in [2.45, 2.75) is 96.8 Å². The van der Waals surface area contributed by atoms with Crippen molar-refractivity contribution >= 4 is 17.6 Å². The van der Waals surface area contributed by atoms with Crippen LogP contribution in [-0.4, -0.2) is 31.5 Å². The molecule has 0 aromatic rings. The van der Waals surface area contributed by atoms with E-state index in [-0.39, 0.29) is 5.97 Å². The predicted octanol–water partition coefficient (Wildman–Crippen LogP) is 5.84. The van der Waals surface area contributed by atoms with Gasteiger partial charge in [-0.3, -0.25) is 4.79 Å². The van der Waals surface area contributed by atoms with Crippen molar-refractivity contribution in [3.05, 3.63) is 0 Å². The van der Waals surface area contributed by atoms with Gasteiger partial charge in [0, 0.05) is 25.4 Å². The van der Waals surface area contributed by atoms with Gasteiger partial charge in [-0.25, -0.2) is 0 Å². The number of alkyl halides is 1. The van der Waals surface area contributed by atoms with Crippen molar-refractivity contribution in [3.63, 3.8) is 0 Å². The summed E-state index contributed by atoms with van der Waals surface area (Å²) in [5, 5.41) is 3.10. The van der Waals surface area contributed by atoms with E-state index >= 15 is 0 Å². The quantitative estimate of drug-likeness (QED) is 0.178. The van der Waals surface area contributed by atoms with Gasteiger partial charge in [0.25, 0.3) is 0 Å². The first-order valence-corrected chi connectivity index (χ1v) is 10.8. The van der Waals surface area contributed by atoms with Crippen molar-refractivity contribution in [1.82, 2.24) is 5.32 Å². The Morgan fingerprint density at radius 1 is 0.792 bits per heavy atom. The van der Waals surface area contributed by atoms with Gasteiger partial charge in [0.15, 0.2) is 0 Å². The van der Waals surface area contributed by atoms with Gasteiger partial charge in [0.1, 0.15) is 6.61 Å². The van der Waals surface area contributed by atoms with Crippen LogP contribution in [0.5, 0.6) is 0 Å². The Bertz CT molecular complexity index is 262. The maximum absolute atomic E-state index is 11.5. The normalized spacial score (nSPS) is 10.9. The molecule has 144 valence electrons. The van der Waals surface area contributed by atoms with E-state index in [1.165, 1.54) is 70.6 Å². The van der Waals surface area contributed by atoms with E-state index in [1.54, 1.807) is 0 Å². The number of unbranched alkanes of at least 4 members (excludes halogenated alkanes) is 12. The Balaban J connectivity index is 3.10. The number of carbonyl (C=O) groups is 1. The molecule has 4 heteroatoms. The molecule has 0 radical (unpaired) electrons. The van der Waals surface area contributed by atoms with Crippen LogP contribution in [-0.2, 0) is 9.53 Å². The zero-order chi connectivity index (χ0) is 17.7. The summed E-state index contributed by atoms with van der Waals surface area (Å²) in [4.78, 5) is 11.5. The molecule has 0 bridgehead atoms. The van der Waals surface area contributed by atoms with Crippen LogP contribution >= 0.6 is 11.6 Å². The maximum Gasteiger partial charge on any atom is 0.305 e. The van der Waals surface area contributed by atoms with Crippen LogP contribution < -0.4 is 5.32 Å². The summed E-state index contributed by atoms with van der Waals surface area (Å²) in [6.45, 7) is 4.17. The van der Waals surface area contributed by atoms with Gasteiger partial charge in [-0.15, -0.1) is 11.6 Å². The smallest absolute Gasteiger partial charge is 0.305 e. The van der Waals surface area contributed by atoms with Gasteiger partial charge in [-0.1, -0.05) is 84.0 Å². The standard InChI is InChI=1S/C20H40ClNO2/c1-2-3-4-5-6-7-8-9-10-11-12-13-14-15-20(23)24-19-18-22-17-16-21/h22H,2-19H2,1H3. The number of halogens is 1. The number of nitrogens with one attached hydrogen (secondary N) is 1. The van der Waals surface area contributed by atoms with Crippen molar-refractivity contribution in [1.29, 1.82) is 0 Å². The van der Waals surface area contributed by atoms with E-state index in [0.717, 1.165) is 19.4 Å². The molecule has 0 aliphatic carbocycles. The van der Waals surface area contributed by atoms with E-state index in [9.17, 15) is 4.79 Å². The number of ether oxygens (including phenoxy) is 1. The van der Waals surface area contributed by atoms with Crippen LogP contribution in [0.3, 0.4) is 0 Å². The fourth-order valence-corrected chi connectivity index (χ4v) is 2.92. The molecule has 0 aromatic carbocycles. The number of hydrogen-bond donors (Lipinski definition) is 1. The van der Waals surface area contributed by atoms with E-state index in [1.807, 2.05) is 0 Å². The summed E-state index contributed by atoms with van der Waals surface area (Å²) in [7, 11) is 0. The molecular weight excluding hydrogens is 322 g/mol. The second-order valence-electron chi connectivity index (χ2n) is 6.65. The van der Waals surface area contributed by atoms with Crippen LogP contribution in [0.15, 0.2) is 0 Å². The molecule has 0 heterocycles. The largest absolute Gasteiger partial charge is 0.464 e. The monoisotopic (exact) mass is 361 g/mol. The first-order chi connectivity index (χ1) is 11.8. The summed E-state index contributed by atoms with van der Waals surface area (Å²) in [6.07, 6.45) is 17.8. The second-order valence-corrected chi connectivity index (χ2v) is 7.03. The lowest BCUT2D eigenvalue weighted by Gasteiger charge is -2.05. The molecule has 0 aliphatic heterocycles. The SMILES string of the molecule is CCCCCCCCCCCCCCCC(=O)OCCNCCCl. The lowest BCUT2D eigenvalue weighted by molar-refractivity contribution is -0.143. The third-order valence-electron chi connectivity index (χ3n) is 4.30. The van der Waals surface area contributed by atoms with Gasteiger partial charge in [0.05, 0.1) is 0 Å². The summed E-state index contributed by atoms with van der Waals surface area (Å²) < 4.78 is 5.15. The van der Waals surface area contributed by atoms with E-state index < -0.39 is 0 Å². The fraction of sp³-hybridized carbons (Fsp3) is 0.950. The zero-order valence-electron chi connectivity index (χ0n) is 15.9.